The molecule has 0 aliphatic rings. The third kappa shape index (κ3) is 2.48. The maximum Gasteiger partial charge on any atom is 0.178 e. The monoisotopic (exact) mass is 306 g/mol. The van der Waals surface area contributed by atoms with Crippen molar-refractivity contribution < 1.29 is 13.3 Å². The van der Waals surface area contributed by atoms with Crippen molar-refractivity contribution in [2.24, 2.45) is 0 Å². The lowest BCUT2D eigenvalue weighted by molar-refractivity contribution is 0.436. The van der Waals surface area contributed by atoms with Crippen LogP contribution in [0.2, 0.25) is 5.02 Å². The zero-order valence-electron chi connectivity index (χ0n) is 10.6. The fourth-order valence-electron chi connectivity index (χ4n) is 2.08. The molecular formula is C15H9ClF2N2O. The number of rotatable bonds is 2. The Kier molecular flexibility index (Phi) is 3.35. The minimum atomic E-state index is -0.469. The van der Waals surface area contributed by atoms with Gasteiger partial charge < -0.3 is 10.3 Å². The summed E-state index contributed by atoms with van der Waals surface area (Å²) in [5.41, 5.74) is 7.15. The zero-order valence-corrected chi connectivity index (χ0v) is 11.4. The average molecular weight is 307 g/mol. The zero-order chi connectivity index (χ0) is 15.0. The highest BCUT2D eigenvalue weighted by atomic mass is 35.5. The Balaban J connectivity index is 2.22. The summed E-state index contributed by atoms with van der Waals surface area (Å²) in [5, 5.41) is 3.85. The first kappa shape index (κ1) is 13.6. The lowest BCUT2D eigenvalue weighted by atomic mass is 10.0. The first-order chi connectivity index (χ1) is 10.1. The van der Waals surface area contributed by atoms with Crippen LogP contribution in [0, 0.1) is 11.6 Å². The first-order valence-corrected chi connectivity index (χ1v) is 6.40. The Hall–Kier alpha value is -2.40. The van der Waals surface area contributed by atoms with E-state index in [-0.39, 0.29) is 16.6 Å². The Morgan fingerprint density at radius 3 is 2.52 bits per heavy atom. The van der Waals surface area contributed by atoms with Gasteiger partial charge in [-0.05, 0) is 35.9 Å². The van der Waals surface area contributed by atoms with Crippen molar-refractivity contribution in [1.29, 1.82) is 0 Å². The fraction of sp³-hybridized carbons (Fsp3) is 0. The molecule has 0 unspecified atom stereocenters. The molecule has 0 aliphatic carbocycles. The van der Waals surface area contributed by atoms with E-state index in [0.717, 1.165) is 6.07 Å². The molecule has 0 atom stereocenters. The van der Waals surface area contributed by atoms with E-state index in [0.29, 0.717) is 16.7 Å². The minimum absolute atomic E-state index is 0.107. The molecule has 1 heterocycles. The molecule has 3 aromatic rings. The van der Waals surface area contributed by atoms with Gasteiger partial charge in [-0.3, -0.25) is 0 Å². The normalized spacial score (nSPS) is 10.8. The van der Waals surface area contributed by atoms with Crippen LogP contribution in [0.15, 0.2) is 47.0 Å². The van der Waals surface area contributed by atoms with Gasteiger partial charge in [0.1, 0.15) is 11.6 Å². The molecule has 0 aliphatic heterocycles. The van der Waals surface area contributed by atoms with Crippen molar-refractivity contribution in [2.75, 3.05) is 5.73 Å². The van der Waals surface area contributed by atoms with Crippen molar-refractivity contribution in [3.05, 3.63) is 59.1 Å². The van der Waals surface area contributed by atoms with E-state index in [2.05, 4.69) is 5.16 Å². The van der Waals surface area contributed by atoms with Crippen molar-refractivity contribution in [2.45, 2.75) is 0 Å². The second kappa shape index (κ2) is 5.18. The standard InChI is InChI=1S/C15H9ClF2N2O/c16-12-7-10(18)4-5-11(12)14-13(15(19)20-21-14)8-2-1-3-9(17)6-8/h1-7H,(H2,19,20). The predicted octanol–water partition coefficient (Wildman–Crippen LogP) is 4.52. The van der Waals surface area contributed by atoms with Gasteiger partial charge in [-0.2, -0.15) is 0 Å². The van der Waals surface area contributed by atoms with Crippen molar-refractivity contribution in [3.63, 3.8) is 0 Å². The molecule has 106 valence electrons. The number of hydrogen-bond acceptors (Lipinski definition) is 3. The van der Waals surface area contributed by atoms with Gasteiger partial charge in [-0.1, -0.05) is 28.9 Å². The minimum Gasteiger partial charge on any atom is -0.380 e. The van der Waals surface area contributed by atoms with E-state index in [9.17, 15) is 8.78 Å². The molecule has 0 radical (unpaired) electrons. The summed E-state index contributed by atoms with van der Waals surface area (Å²) in [5.74, 6) is -0.508. The Morgan fingerprint density at radius 1 is 1.05 bits per heavy atom. The lowest BCUT2D eigenvalue weighted by Crippen LogP contribution is -1.90. The molecule has 0 spiro atoms. The molecular weight excluding hydrogens is 298 g/mol. The summed E-state index contributed by atoms with van der Waals surface area (Å²) in [6, 6.07) is 9.71. The molecule has 6 heteroatoms. The molecule has 1 aromatic heterocycles. The van der Waals surface area contributed by atoms with Gasteiger partial charge in [0, 0.05) is 5.56 Å². The van der Waals surface area contributed by atoms with Gasteiger partial charge >= 0.3 is 0 Å². The van der Waals surface area contributed by atoms with Crippen LogP contribution in [0.4, 0.5) is 14.6 Å². The predicted molar refractivity (Wildman–Crippen MR) is 76.7 cm³/mol. The molecule has 0 bridgehead atoms. The van der Waals surface area contributed by atoms with Gasteiger partial charge in [-0.15, -0.1) is 0 Å². The summed E-state index contributed by atoms with van der Waals surface area (Å²) < 4.78 is 31.7. The summed E-state index contributed by atoms with van der Waals surface area (Å²) in [6.45, 7) is 0. The van der Waals surface area contributed by atoms with Crippen LogP contribution in [0.5, 0.6) is 0 Å². The second-order valence-electron chi connectivity index (χ2n) is 4.41. The van der Waals surface area contributed by atoms with Crippen LogP contribution >= 0.6 is 11.6 Å². The third-order valence-corrected chi connectivity index (χ3v) is 3.32. The Bertz CT molecular complexity index is 817. The SMILES string of the molecule is Nc1noc(-c2ccc(F)cc2Cl)c1-c1cccc(F)c1. The topological polar surface area (TPSA) is 52.0 Å². The molecule has 2 N–H and O–H groups in total. The van der Waals surface area contributed by atoms with Gasteiger partial charge in [-0.25, -0.2) is 8.78 Å². The third-order valence-electron chi connectivity index (χ3n) is 3.01. The number of nitrogen functional groups attached to an aromatic ring is 1. The highest BCUT2D eigenvalue weighted by Gasteiger charge is 2.20. The van der Waals surface area contributed by atoms with Crippen molar-refractivity contribution in [1.82, 2.24) is 5.16 Å². The number of nitrogens with zero attached hydrogens (tertiary/aromatic N) is 1. The van der Waals surface area contributed by atoms with E-state index in [1.54, 1.807) is 12.1 Å². The summed E-state index contributed by atoms with van der Waals surface area (Å²) >= 11 is 6.02. The quantitative estimate of drug-likeness (QED) is 0.757. The summed E-state index contributed by atoms with van der Waals surface area (Å²) in [4.78, 5) is 0. The number of hydrogen-bond donors (Lipinski definition) is 1. The second-order valence-corrected chi connectivity index (χ2v) is 4.81. The maximum absolute atomic E-state index is 13.4. The van der Waals surface area contributed by atoms with Crippen molar-refractivity contribution in [3.8, 4) is 22.5 Å². The number of halogens is 3. The van der Waals surface area contributed by atoms with E-state index in [4.69, 9.17) is 21.9 Å². The van der Waals surface area contributed by atoms with Gasteiger partial charge in [0.05, 0.1) is 10.6 Å². The number of benzene rings is 2. The van der Waals surface area contributed by atoms with Crippen LogP contribution in [0.3, 0.4) is 0 Å². The molecule has 0 saturated carbocycles. The maximum atomic E-state index is 13.4. The van der Waals surface area contributed by atoms with E-state index >= 15 is 0 Å². The first-order valence-electron chi connectivity index (χ1n) is 6.03. The average Bonchev–Trinajstić information content (AvgIpc) is 2.80. The number of nitrogens with two attached hydrogens (primary N) is 1. The largest absolute Gasteiger partial charge is 0.380 e. The smallest absolute Gasteiger partial charge is 0.178 e. The molecule has 0 saturated heterocycles. The van der Waals surface area contributed by atoms with E-state index in [1.165, 1.54) is 24.3 Å². The van der Waals surface area contributed by atoms with Crippen molar-refractivity contribution >= 4 is 17.4 Å². The van der Waals surface area contributed by atoms with Crippen LogP contribution in [0.25, 0.3) is 22.5 Å². The molecule has 0 amide bonds. The molecule has 2 aromatic carbocycles. The van der Waals surface area contributed by atoms with Gasteiger partial charge in [0.2, 0.25) is 0 Å². The van der Waals surface area contributed by atoms with E-state index in [1.807, 2.05) is 0 Å². The highest BCUT2D eigenvalue weighted by molar-refractivity contribution is 6.33. The number of aromatic nitrogens is 1. The van der Waals surface area contributed by atoms with Crippen LogP contribution in [-0.2, 0) is 0 Å². The Morgan fingerprint density at radius 2 is 1.81 bits per heavy atom. The van der Waals surface area contributed by atoms with E-state index < -0.39 is 11.6 Å². The Labute approximate surface area is 123 Å². The van der Waals surface area contributed by atoms with Crippen LogP contribution < -0.4 is 5.73 Å². The lowest BCUT2D eigenvalue weighted by Gasteiger charge is -2.05. The highest BCUT2D eigenvalue weighted by Crippen LogP contribution is 2.39. The fourth-order valence-corrected chi connectivity index (χ4v) is 2.34. The van der Waals surface area contributed by atoms with Crippen LogP contribution in [0.1, 0.15) is 0 Å². The number of anilines is 1. The van der Waals surface area contributed by atoms with Gasteiger partial charge in [0.25, 0.3) is 0 Å². The summed E-state index contributed by atoms with van der Waals surface area (Å²) in [6.07, 6.45) is 0. The summed E-state index contributed by atoms with van der Waals surface area (Å²) in [7, 11) is 0. The molecule has 0 fully saturated rings. The molecule has 21 heavy (non-hydrogen) atoms. The van der Waals surface area contributed by atoms with Gasteiger partial charge in [0.15, 0.2) is 11.6 Å². The molecule has 3 nitrogen and oxygen atoms in total. The van der Waals surface area contributed by atoms with Crippen LogP contribution in [-0.4, -0.2) is 5.16 Å². The molecule has 3 rings (SSSR count).